The van der Waals surface area contributed by atoms with E-state index < -0.39 is 0 Å². The number of nitroso groups, excluding NO2 is 1. The van der Waals surface area contributed by atoms with Crippen LogP contribution in [0.3, 0.4) is 0 Å². The van der Waals surface area contributed by atoms with Gasteiger partial charge in [-0.2, -0.15) is 4.91 Å². The highest BCUT2D eigenvalue weighted by Crippen LogP contribution is 2.00. The highest BCUT2D eigenvalue weighted by molar-refractivity contribution is 4.91. The van der Waals surface area contributed by atoms with Crippen molar-refractivity contribution >= 4 is 0 Å². The number of unbranched alkanes of at least 4 members (excludes halogenated alkanes) is 1. The lowest BCUT2D eigenvalue weighted by Crippen LogP contribution is -1.93. The van der Waals surface area contributed by atoms with Crippen molar-refractivity contribution in [2.45, 2.75) is 32.7 Å². The van der Waals surface area contributed by atoms with E-state index in [2.05, 4.69) is 15.5 Å². The fourth-order valence-electron chi connectivity index (χ4n) is 1.09. The molecule has 72 valence electrons. The second-order valence-electron chi connectivity index (χ2n) is 2.88. The van der Waals surface area contributed by atoms with Gasteiger partial charge in [0.25, 0.3) is 0 Å². The number of hydrogen-bond donors (Lipinski definition) is 0. The molecule has 0 aliphatic rings. The number of hydrogen-bond acceptors (Lipinski definition) is 4. The van der Waals surface area contributed by atoms with Crippen LogP contribution in [-0.2, 0) is 13.0 Å². The summed E-state index contributed by atoms with van der Waals surface area (Å²) in [6.07, 6.45) is 4.61. The zero-order chi connectivity index (χ0) is 9.52. The molecule has 0 aliphatic carbocycles. The first-order chi connectivity index (χ1) is 6.36. The minimum atomic E-state index is 0.405. The summed E-state index contributed by atoms with van der Waals surface area (Å²) in [6, 6.07) is 0. The van der Waals surface area contributed by atoms with Crippen molar-refractivity contribution in [3.63, 3.8) is 0 Å². The maximum absolute atomic E-state index is 9.78. The van der Waals surface area contributed by atoms with Gasteiger partial charge >= 0.3 is 0 Å². The Kier molecular flexibility index (Phi) is 4.08. The van der Waals surface area contributed by atoms with Gasteiger partial charge in [0, 0.05) is 12.7 Å². The van der Waals surface area contributed by atoms with Crippen LogP contribution in [0, 0.1) is 4.91 Å². The Morgan fingerprint density at radius 3 is 3.00 bits per heavy atom. The van der Waals surface area contributed by atoms with Crippen LogP contribution in [0.5, 0.6) is 0 Å². The van der Waals surface area contributed by atoms with Gasteiger partial charge in [-0.25, -0.2) is 0 Å². The standard InChI is InChI=1S/C8H14N4O/c1-2-12-7-8(10-11-12)5-3-4-6-9-13/h7H,2-6H2,1H3. The summed E-state index contributed by atoms with van der Waals surface area (Å²) in [4.78, 5) is 9.78. The normalized spacial score (nSPS) is 10.2. The summed E-state index contributed by atoms with van der Waals surface area (Å²) in [5, 5.41) is 10.7. The molecule has 13 heavy (non-hydrogen) atoms. The first-order valence-electron chi connectivity index (χ1n) is 4.55. The Morgan fingerprint density at radius 2 is 2.38 bits per heavy atom. The van der Waals surface area contributed by atoms with Crippen LogP contribution in [0.25, 0.3) is 0 Å². The van der Waals surface area contributed by atoms with Gasteiger partial charge in [0.2, 0.25) is 0 Å². The number of rotatable bonds is 6. The molecule has 0 aromatic carbocycles. The van der Waals surface area contributed by atoms with Gasteiger partial charge in [-0.3, -0.25) is 4.68 Å². The average Bonchev–Trinajstić information content (AvgIpc) is 2.60. The zero-order valence-electron chi connectivity index (χ0n) is 7.81. The van der Waals surface area contributed by atoms with Crippen molar-refractivity contribution in [2.75, 3.05) is 6.54 Å². The Morgan fingerprint density at radius 1 is 1.54 bits per heavy atom. The van der Waals surface area contributed by atoms with Crippen LogP contribution in [0.1, 0.15) is 25.5 Å². The molecule has 1 aromatic rings. The molecular formula is C8H14N4O. The van der Waals surface area contributed by atoms with Crippen LogP contribution in [-0.4, -0.2) is 21.5 Å². The Labute approximate surface area is 77.1 Å². The molecule has 5 heteroatoms. The lowest BCUT2D eigenvalue weighted by molar-refractivity contribution is 0.626. The largest absolute Gasteiger partial charge is 0.253 e. The first kappa shape index (κ1) is 9.83. The minimum absolute atomic E-state index is 0.405. The van der Waals surface area contributed by atoms with E-state index >= 15 is 0 Å². The van der Waals surface area contributed by atoms with E-state index in [1.54, 1.807) is 4.68 Å². The van der Waals surface area contributed by atoms with Crippen LogP contribution in [0.4, 0.5) is 0 Å². The Hall–Kier alpha value is -1.26. The lowest BCUT2D eigenvalue weighted by Gasteiger charge is -1.92. The van der Waals surface area contributed by atoms with Gasteiger partial charge in [0.15, 0.2) is 0 Å². The second kappa shape index (κ2) is 5.40. The number of nitrogens with zero attached hydrogens (tertiary/aromatic N) is 4. The minimum Gasteiger partial charge on any atom is -0.253 e. The summed E-state index contributed by atoms with van der Waals surface area (Å²) in [7, 11) is 0. The third-order valence-electron chi connectivity index (χ3n) is 1.84. The molecule has 0 atom stereocenters. The Balaban J connectivity index is 2.24. The molecule has 0 unspecified atom stereocenters. The maximum Gasteiger partial charge on any atom is 0.0827 e. The van der Waals surface area contributed by atoms with Crippen molar-refractivity contribution in [3.05, 3.63) is 16.8 Å². The zero-order valence-corrected chi connectivity index (χ0v) is 7.81. The average molecular weight is 182 g/mol. The molecule has 5 nitrogen and oxygen atoms in total. The van der Waals surface area contributed by atoms with Crippen molar-refractivity contribution in [1.82, 2.24) is 15.0 Å². The predicted octanol–water partition coefficient (Wildman–Crippen LogP) is 1.39. The quantitative estimate of drug-likeness (QED) is 0.493. The fraction of sp³-hybridized carbons (Fsp3) is 0.750. The Bertz CT molecular complexity index is 258. The van der Waals surface area contributed by atoms with Crippen LogP contribution < -0.4 is 0 Å². The van der Waals surface area contributed by atoms with Crippen LogP contribution >= 0.6 is 0 Å². The van der Waals surface area contributed by atoms with Gasteiger partial charge < -0.3 is 0 Å². The fourth-order valence-corrected chi connectivity index (χ4v) is 1.09. The van der Waals surface area contributed by atoms with Gasteiger partial charge in [-0.1, -0.05) is 10.4 Å². The van der Waals surface area contributed by atoms with E-state index in [0.29, 0.717) is 6.54 Å². The third-order valence-corrected chi connectivity index (χ3v) is 1.84. The summed E-state index contributed by atoms with van der Waals surface area (Å²) in [6.45, 7) is 3.28. The number of aromatic nitrogens is 3. The molecule has 0 aliphatic heterocycles. The highest BCUT2D eigenvalue weighted by atomic mass is 16.3. The topological polar surface area (TPSA) is 60.1 Å². The first-order valence-corrected chi connectivity index (χ1v) is 4.55. The SMILES string of the molecule is CCn1cc(CCCCN=O)nn1. The van der Waals surface area contributed by atoms with E-state index in [1.807, 2.05) is 13.1 Å². The molecule has 0 N–H and O–H groups in total. The summed E-state index contributed by atoms with van der Waals surface area (Å²) < 4.78 is 1.80. The predicted molar refractivity (Wildman–Crippen MR) is 49.3 cm³/mol. The highest BCUT2D eigenvalue weighted by Gasteiger charge is 1.98. The van der Waals surface area contributed by atoms with E-state index in [0.717, 1.165) is 31.5 Å². The molecule has 1 heterocycles. The number of aryl methyl sites for hydroxylation is 2. The van der Waals surface area contributed by atoms with E-state index in [4.69, 9.17) is 0 Å². The summed E-state index contributed by atoms with van der Waals surface area (Å²) in [5.74, 6) is 0. The van der Waals surface area contributed by atoms with Gasteiger partial charge in [-0.05, 0) is 26.2 Å². The molecular weight excluding hydrogens is 168 g/mol. The molecule has 0 bridgehead atoms. The van der Waals surface area contributed by atoms with E-state index in [1.165, 1.54) is 0 Å². The lowest BCUT2D eigenvalue weighted by atomic mass is 10.2. The molecule has 1 rings (SSSR count). The summed E-state index contributed by atoms with van der Waals surface area (Å²) >= 11 is 0. The molecule has 0 fully saturated rings. The van der Waals surface area contributed by atoms with Crippen molar-refractivity contribution in [1.29, 1.82) is 0 Å². The molecule has 1 aromatic heterocycles. The van der Waals surface area contributed by atoms with Crippen molar-refractivity contribution in [3.8, 4) is 0 Å². The molecule has 0 spiro atoms. The van der Waals surface area contributed by atoms with Gasteiger partial charge in [-0.15, -0.1) is 5.10 Å². The molecule has 0 saturated carbocycles. The second-order valence-corrected chi connectivity index (χ2v) is 2.88. The van der Waals surface area contributed by atoms with Gasteiger partial charge in [0.1, 0.15) is 0 Å². The summed E-state index contributed by atoms with van der Waals surface area (Å²) in [5.41, 5.74) is 0.993. The van der Waals surface area contributed by atoms with E-state index in [-0.39, 0.29) is 0 Å². The monoisotopic (exact) mass is 182 g/mol. The van der Waals surface area contributed by atoms with E-state index in [9.17, 15) is 4.91 Å². The molecule has 0 radical (unpaired) electrons. The molecule has 0 saturated heterocycles. The van der Waals surface area contributed by atoms with Gasteiger partial charge in [0.05, 0.1) is 12.2 Å². The third kappa shape index (κ3) is 3.31. The van der Waals surface area contributed by atoms with Crippen molar-refractivity contribution < 1.29 is 0 Å². The maximum atomic E-state index is 9.78. The van der Waals surface area contributed by atoms with Crippen molar-refractivity contribution in [2.24, 2.45) is 5.18 Å². The molecule has 0 amide bonds. The smallest absolute Gasteiger partial charge is 0.0827 e. The van der Waals surface area contributed by atoms with Crippen LogP contribution in [0.2, 0.25) is 0 Å². The van der Waals surface area contributed by atoms with Crippen LogP contribution in [0.15, 0.2) is 11.4 Å².